The molecule has 0 saturated carbocycles. The topological polar surface area (TPSA) is 33.5 Å². The van der Waals surface area contributed by atoms with E-state index in [0.717, 1.165) is 58.7 Å². The number of hydrogen-bond donors (Lipinski definition) is 0. The molecule has 2 fully saturated rings. The fraction of sp³-hybridized carbons (Fsp3) is 0.611. The number of nitrogens with zero attached hydrogens (tertiary/aromatic N) is 4. The van der Waals surface area contributed by atoms with Crippen LogP contribution < -0.4 is 0 Å². The molecule has 2 aliphatic rings. The van der Waals surface area contributed by atoms with E-state index in [4.69, 9.17) is 4.74 Å². The Bertz CT molecular complexity index is 646. The summed E-state index contributed by atoms with van der Waals surface area (Å²) >= 11 is 1.75. The second kappa shape index (κ2) is 6.96. The Labute approximate surface area is 147 Å². The molecule has 0 atom stereocenters. The summed E-state index contributed by atoms with van der Waals surface area (Å²) in [5.74, 6) is 0. The van der Waals surface area contributed by atoms with E-state index in [0.29, 0.717) is 0 Å². The molecule has 2 aromatic heterocycles. The smallest absolute Gasteiger partial charge is 0.107 e. The second-order valence-corrected chi connectivity index (χ2v) is 8.03. The number of aromatic nitrogens is 2. The van der Waals surface area contributed by atoms with E-state index in [1.54, 1.807) is 11.3 Å². The molecule has 0 aliphatic carbocycles. The molecule has 2 aromatic rings. The van der Waals surface area contributed by atoms with Crippen molar-refractivity contribution in [2.24, 2.45) is 7.05 Å². The average molecular weight is 347 g/mol. The average Bonchev–Trinajstić information content (AvgIpc) is 3.23. The molecule has 24 heavy (non-hydrogen) atoms. The zero-order valence-electron chi connectivity index (χ0n) is 14.4. The number of hydrogen-bond acceptors (Lipinski definition) is 5. The lowest BCUT2D eigenvalue weighted by Crippen LogP contribution is -2.56. The number of morpholine rings is 1. The summed E-state index contributed by atoms with van der Waals surface area (Å²) in [7, 11) is 2.13. The normalized spacial score (nSPS) is 22.2. The maximum atomic E-state index is 6.27. The van der Waals surface area contributed by atoms with E-state index < -0.39 is 0 Å². The molecular formula is C18H26N4OS. The minimum atomic E-state index is 0.0558. The molecule has 0 aromatic carbocycles. The minimum Gasteiger partial charge on any atom is -0.372 e. The molecule has 5 nitrogen and oxygen atoms in total. The van der Waals surface area contributed by atoms with Crippen LogP contribution in [0.4, 0.5) is 0 Å². The lowest BCUT2D eigenvalue weighted by atomic mass is 9.89. The van der Waals surface area contributed by atoms with Gasteiger partial charge in [0.2, 0.25) is 0 Å². The Morgan fingerprint density at radius 1 is 1.21 bits per heavy atom. The lowest BCUT2D eigenvalue weighted by molar-refractivity contribution is -0.138. The molecule has 0 bridgehead atoms. The van der Waals surface area contributed by atoms with Gasteiger partial charge in [-0.1, -0.05) is 0 Å². The van der Waals surface area contributed by atoms with Gasteiger partial charge >= 0.3 is 0 Å². The van der Waals surface area contributed by atoms with Gasteiger partial charge in [-0.2, -0.15) is 0 Å². The van der Waals surface area contributed by atoms with Crippen molar-refractivity contribution in [1.29, 1.82) is 0 Å². The number of thiazole rings is 1. The van der Waals surface area contributed by atoms with Crippen molar-refractivity contribution in [2.45, 2.75) is 31.5 Å². The third kappa shape index (κ3) is 3.57. The third-order valence-corrected chi connectivity index (χ3v) is 6.14. The Morgan fingerprint density at radius 2 is 2.08 bits per heavy atom. The number of aryl methyl sites for hydroxylation is 1. The molecule has 2 saturated heterocycles. The monoisotopic (exact) mass is 346 g/mol. The first-order chi connectivity index (χ1) is 11.7. The summed E-state index contributed by atoms with van der Waals surface area (Å²) in [6.45, 7) is 7.17. The predicted molar refractivity (Wildman–Crippen MR) is 96.0 cm³/mol. The first-order valence-corrected chi connectivity index (χ1v) is 9.68. The van der Waals surface area contributed by atoms with Crippen molar-refractivity contribution in [3.63, 3.8) is 0 Å². The quantitative estimate of drug-likeness (QED) is 0.851. The van der Waals surface area contributed by atoms with E-state index in [2.05, 4.69) is 50.1 Å². The van der Waals surface area contributed by atoms with Crippen molar-refractivity contribution in [3.8, 4) is 0 Å². The van der Waals surface area contributed by atoms with Crippen LogP contribution in [0.1, 0.15) is 23.5 Å². The van der Waals surface area contributed by atoms with Crippen LogP contribution in [0.5, 0.6) is 0 Å². The zero-order chi connectivity index (χ0) is 16.4. The first kappa shape index (κ1) is 16.3. The highest BCUT2D eigenvalue weighted by atomic mass is 32.1. The molecule has 4 heterocycles. The van der Waals surface area contributed by atoms with Gasteiger partial charge in [-0.25, -0.2) is 4.98 Å². The van der Waals surface area contributed by atoms with Gasteiger partial charge in [0.05, 0.1) is 18.8 Å². The van der Waals surface area contributed by atoms with Crippen LogP contribution in [0.3, 0.4) is 0 Å². The molecule has 4 rings (SSSR count). The first-order valence-electron chi connectivity index (χ1n) is 8.80. The molecule has 0 amide bonds. The van der Waals surface area contributed by atoms with Gasteiger partial charge in [-0.15, -0.1) is 11.3 Å². The molecular weight excluding hydrogens is 320 g/mol. The van der Waals surface area contributed by atoms with Crippen LogP contribution >= 0.6 is 11.3 Å². The van der Waals surface area contributed by atoms with Gasteiger partial charge in [0.25, 0.3) is 0 Å². The highest BCUT2D eigenvalue weighted by Crippen LogP contribution is 2.31. The Balaban J connectivity index is 1.33. The van der Waals surface area contributed by atoms with Crippen molar-refractivity contribution in [2.75, 3.05) is 32.8 Å². The van der Waals surface area contributed by atoms with Crippen molar-refractivity contribution in [3.05, 3.63) is 40.6 Å². The van der Waals surface area contributed by atoms with Crippen LogP contribution in [-0.2, 0) is 24.9 Å². The largest absolute Gasteiger partial charge is 0.372 e. The fourth-order valence-electron chi connectivity index (χ4n) is 3.89. The molecule has 130 valence electrons. The SMILES string of the molecule is Cn1cccc1CN1CCC2(CC1)CN(Cc1nccs1)CCO2. The van der Waals surface area contributed by atoms with E-state index in [1.165, 1.54) is 10.7 Å². The zero-order valence-corrected chi connectivity index (χ0v) is 15.2. The van der Waals surface area contributed by atoms with E-state index in [-0.39, 0.29) is 5.60 Å². The van der Waals surface area contributed by atoms with Gasteiger partial charge < -0.3 is 9.30 Å². The Hall–Kier alpha value is -1.21. The number of ether oxygens (including phenoxy) is 1. The van der Waals surface area contributed by atoms with Crippen molar-refractivity contribution >= 4 is 11.3 Å². The highest BCUT2D eigenvalue weighted by molar-refractivity contribution is 7.09. The van der Waals surface area contributed by atoms with Gasteiger partial charge in [0.15, 0.2) is 0 Å². The van der Waals surface area contributed by atoms with Crippen LogP contribution in [0.25, 0.3) is 0 Å². The third-order valence-electron chi connectivity index (χ3n) is 5.37. The molecule has 0 radical (unpaired) electrons. The summed E-state index contributed by atoms with van der Waals surface area (Å²) in [4.78, 5) is 9.51. The van der Waals surface area contributed by atoms with Crippen molar-refractivity contribution in [1.82, 2.24) is 19.4 Å². The molecule has 2 aliphatic heterocycles. The number of piperidine rings is 1. The fourth-order valence-corrected chi connectivity index (χ4v) is 4.55. The van der Waals surface area contributed by atoms with Crippen LogP contribution in [0.15, 0.2) is 29.9 Å². The van der Waals surface area contributed by atoms with Gasteiger partial charge in [-0.05, 0) is 25.0 Å². The minimum absolute atomic E-state index is 0.0558. The van der Waals surface area contributed by atoms with Gasteiger partial charge in [-0.3, -0.25) is 9.80 Å². The molecule has 6 heteroatoms. The van der Waals surface area contributed by atoms with E-state index in [9.17, 15) is 0 Å². The molecule has 1 spiro atoms. The standard InChI is InChI=1S/C18H26N4OS/c1-20-7-2-3-16(20)13-21-8-4-18(5-9-21)15-22(10-11-23-18)14-17-19-6-12-24-17/h2-3,6-7,12H,4-5,8-11,13-15H2,1H3. The maximum Gasteiger partial charge on any atom is 0.107 e. The summed E-state index contributed by atoms with van der Waals surface area (Å²) in [6, 6.07) is 4.35. The Morgan fingerprint density at radius 3 is 2.79 bits per heavy atom. The lowest BCUT2D eigenvalue weighted by Gasteiger charge is -2.47. The van der Waals surface area contributed by atoms with Crippen LogP contribution in [-0.4, -0.2) is 57.7 Å². The summed E-state index contributed by atoms with van der Waals surface area (Å²) in [6.07, 6.45) is 6.29. The molecule has 0 unspecified atom stereocenters. The highest BCUT2D eigenvalue weighted by Gasteiger charge is 2.39. The van der Waals surface area contributed by atoms with E-state index in [1.807, 2.05) is 6.20 Å². The summed E-state index contributed by atoms with van der Waals surface area (Å²) in [5, 5.41) is 3.28. The van der Waals surface area contributed by atoms with Gasteiger partial charge in [0, 0.05) is 63.2 Å². The van der Waals surface area contributed by atoms with Gasteiger partial charge in [0.1, 0.15) is 5.01 Å². The van der Waals surface area contributed by atoms with E-state index >= 15 is 0 Å². The van der Waals surface area contributed by atoms with Crippen LogP contribution in [0, 0.1) is 0 Å². The summed E-state index contributed by atoms with van der Waals surface area (Å²) in [5.41, 5.74) is 1.45. The number of rotatable bonds is 4. The van der Waals surface area contributed by atoms with Crippen molar-refractivity contribution < 1.29 is 4.74 Å². The predicted octanol–water partition coefficient (Wildman–Crippen LogP) is 2.35. The molecule has 0 N–H and O–H groups in total. The number of likely N-dealkylation sites (tertiary alicyclic amines) is 1. The Kier molecular flexibility index (Phi) is 4.72. The van der Waals surface area contributed by atoms with Crippen LogP contribution in [0.2, 0.25) is 0 Å². The maximum absolute atomic E-state index is 6.27. The summed E-state index contributed by atoms with van der Waals surface area (Å²) < 4.78 is 8.49. The second-order valence-electron chi connectivity index (χ2n) is 7.05.